The van der Waals surface area contributed by atoms with Gasteiger partial charge in [-0.05, 0) is 68.0 Å². The maximum atomic E-state index is 13.4. The number of nitrogens with zero attached hydrogens (tertiary/aromatic N) is 2. The highest BCUT2D eigenvalue weighted by atomic mass is 32.2. The highest BCUT2D eigenvalue weighted by molar-refractivity contribution is 7.92. The first-order chi connectivity index (χ1) is 17.6. The molecule has 202 valence electrons. The molecule has 0 saturated heterocycles. The van der Waals surface area contributed by atoms with Crippen LogP contribution in [0.4, 0.5) is 10.1 Å². The SMILES string of the molecule is CCc1ccc(N(CCCC(=O)N(Cc2ccc(F)cc2)C(C)C(=O)NC2CCCC2)S(C)(=O)=O)cc1. The van der Waals surface area contributed by atoms with Crippen LogP contribution in [-0.2, 0) is 32.6 Å². The highest BCUT2D eigenvalue weighted by Gasteiger charge is 2.28. The Labute approximate surface area is 220 Å². The van der Waals surface area contributed by atoms with Crippen LogP contribution in [-0.4, -0.2) is 50.0 Å². The summed E-state index contributed by atoms with van der Waals surface area (Å²) in [5.74, 6) is -0.842. The van der Waals surface area contributed by atoms with E-state index in [-0.39, 0.29) is 49.6 Å². The first-order valence-electron chi connectivity index (χ1n) is 13.0. The van der Waals surface area contributed by atoms with Gasteiger partial charge in [0.1, 0.15) is 11.9 Å². The number of anilines is 1. The van der Waals surface area contributed by atoms with Gasteiger partial charge in [0.25, 0.3) is 0 Å². The molecular formula is C28H38FN3O4S. The molecule has 1 atom stereocenters. The fraction of sp³-hybridized carbons (Fsp3) is 0.500. The third-order valence-corrected chi connectivity index (χ3v) is 8.11. The Bertz CT molecular complexity index is 1150. The summed E-state index contributed by atoms with van der Waals surface area (Å²) in [5.41, 5.74) is 2.37. The van der Waals surface area contributed by atoms with Crippen LogP contribution in [0.3, 0.4) is 0 Å². The molecule has 0 spiro atoms. The van der Waals surface area contributed by atoms with Crippen molar-refractivity contribution in [3.63, 3.8) is 0 Å². The van der Waals surface area contributed by atoms with Crippen molar-refractivity contribution in [3.8, 4) is 0 Å². The van der Waals surface area contributed by atoms with Gasteiger partial charge in [-0.15, -0.1) is 0 Å². The molecule has 2 aromatic rings. The second kappa shape index (κ2) is 13.0. The summed E-state index contributed by atoms with van der Waals surface area (Å²) >= 11 is 0. The van der Waals surface area contributed by atoms with Gasteiger partial charge in [0.05, 0.1) is 11.9 Å². The average molecular weight is 532 g/mol. The Morgan fingerprint density at radius 1 is 1.03 bits per heavy atom. The smallest absolute Gasteiger partial charge is 0.242 e. The molecule has 0 aliphatic heterocycles. The molecule has 3 rings (SSSR count). The number of hydrogen-bond acceptors (Lipinski definition) is 4. The van der Waals surface area contributed by atoms with Crippen molar-refractivity contribution in [2.75, 3.05) is 17.1 Å². The standard InChI is InChI=1S/C28H38FN3O4S/c1-4-22-13-17-26(18-14-22)32(37(3,35)36)19-7-10-27(33)31(20-23-11-15-24(29)16-12-23)21(2)28(34)30-25-8-5-6-9-25/h11-18,21,25H,4-10,19-20H2,1-3H3,(H,30,34). The van der Waals surface area contributed by atoms with Crippen molar-refractivity contribution in [1.82, 2.24) is 10.2 Å². The van der Waals surface area contributed by atoms with E-state index in [1.165, 1.54) is 21.3 Å². The van der Waals surface area contributed by atoms with E-state index in [2.05, 4.69) is 5.32 Å². The van der Waals surface area contributed by atoms with Gasteiger partial charge in [-0.2, -0.15) is 0 Å². The number of carbonyl (C=O) groups is 2. The fourth-order valence-electron chi connectivity index (χ4n) is 4.66. The lowest BCUT2D eigenvalue weighted by Crippen LogP contribution is -2.49. The van der Waals surface area contributed by atoms with Crippen molar-refractivity contribution in [2.45, 2.75) is 77.4 Å². The van der Waals surface area contributed by atoms with Crippen molar-refractivity contribution in [1.29, 1.82) is 0 Å². The average Bonchev–Trinajstić information content (AvgIpc) is 3.38. The molecule has 0 bridgehead atoms. The summed E-state index contributed by atoms with van der Waals surface area (Å²) in [6, 6.07) is 12.6. The Hall–Kier alpha value is -2.94. The molecule has 37 heavy (non-hydrogen) atoms. The maximum Gasteiger partial charge on any atom is 0.242 e. The lowest BCUT2D eigenvalue weighted by Gasteiger charge is -2.30. The summed E-state index contributed by atoms with van der Waals surface area (Å²) in [5, 5.41) is 3.05. The number of sulfonamides is 1. The highest BCUT2D eigenvalue weighted by Crippen LogP contribution is 2.21. The van der Waals surface area contributed by atoms with Gasteiger partial charge in [-0.1, -0.05) is 44.0 Å². The van der Waals surface area contributed by atoms with E-state index >= 15 is 0 Å². The minimum atomic E-state index is -3.54. The Morgan fingerprint density at radius 2 is 1.62 bits per heavy atom. The zero-order valence-corrected chi connectivity index (χ0v) is 22.8. The fourth-order valence-corrected chi connectivity index (χ4v) is 5.63. The van der Waals surface area contributed by atoms with Gasteiger partial charge in [0, 0.05) is 25.6 Å². The van der Waals surface area contributed by atoms with Crippen LogP contribution in [0.5, 0.6) is 0 Å². The molecule has 1 fully saturated rings. The van der Waals surface area contributed by atoms with Gasteiger partial charge < -0.3 is 10.2 Å². The molecule has 7 nitrogen and oxygen atoms in total. The van der Waals surface area contributed by atoms with E-state index in [0.717, 1.165) is 43.9 Å². The Balaban J connectivity index is 1.70. The van der Waals surface area contributed by atoms with Crippen LogP contribution in [0.2, 0.25) is 0 Å². The summed E-state index contributed by atoms with van der Waals surface area (Å²) in [6.07, 6.45) is 6.39. The molecule has 1 aliphatic rings. The first kappa shape index (κ1) is 28.6. The van der Waals surface area contributed by atoms with Gasteiger partial charge in [-0.3, -0.25) is 13.9 Å². The maximum absolute atomic E-state index is 13.4. The number of benzene rings is 2. The van der Waals surface area contributed by atoms with Crippen molar-refractivity contribution < 1.29 is 22.4 Å². The molecule has 9 heteroatoms. The van der Waals surface area contributed by atoms with Crippen molar-refractivity contribution in [3.05, 3.63) is 65.5 Å². The molecule has 2 amide bonds. The van der Waals surface area contributed by atoms with E-state index in [9.17, 15) is 22.4 Å². The summed E-state index contributed by atoms with van der Waals surface area (Å²) < 4.78 is 39.7. The molecule has 0 heterocycles. The molecule has 1 N–H and O–H groups in total. The number of carbonyl (C=O) groups excluding carboxylic acids is 2. The molecule has 1 saturated carbocycles. The van der Waals surface area contributed by atoms with E-state index in [1.807, 2.05) is 19.1 Å². The molecule has 0 aromatic heterocycles. The zero-order chi connectivity index (χ0) is 27.0. The lowest BCUT2D eigenvalue weighted by molar-refractivity contribution is -0.141. The van der Waals surface area contributed by atoms with Crippen LogP contribution < -0.4 is 9.62 Å². The summed E-state index contributed by atoms with van der Waals surface area (Å²) in [7, 11) is -3.54. The third kappa shape index (κ3) is 8.28. The van der Waals surface area contributed by atoms with Crippen molar-refractivity contribution >= 4 is 27.5 Å². The molecule has 2 aromatic carbocycles. The monoisotopic (exact) mass is 531 g/mol. The minimum absolute atomic E-state index is 0.0707. The number of halogens is 1. The summed E-state index contributed by atoms with van der Waals surface area (Å²) in [4.78, 5) is 27.8. The minimum Gasteiger partial charge on any atom is -0.352 e. The van der Waals surface area contributed by atoms with Gasteiger partial charge in [0.2, 0.25) is 21.8 Å². The van der Waals surface area contributed by atoms with Gasteiger partial charge >= 0.3 is 0 Å². The van der Waals surface area contributed by atoms with Crippen LogP contribution in [0.25, 0.3) is 0 Å². The van der Waals surface area contributed by atoms with Crippen LogP contribution in [0.1, 0.15) is 63.5 Å². The van der Waals surface area contributed by atoms with E-state index < -0.39 is 16.1 Å². The number of aryl methyl sites for hydroxylation is 1. The van der Waals surface area contributed by atoms with Gasteiger partial charge in [-0.25, -0.2) is 12.8 Å². The van der Waals surface area contributed by atoms with Crippen molar-refractivity contribution in [2.24, 2.45) is 0 Å². The topological polar surface area (TPSA) is 86.8 Å². The van der Waals surface area contributed by atoms with Crippen LogP contribution in [0, 0.1) is 5.82 Å². The van der Waals surface area contributed by atoms with Gasteiger partial charge in [0.15, 0.2) is 0 Å². The Kier molecular flexibility index (Phi) is 10.1. The molecule has 1 aliphatic carbocycles. The van der Waals surface area contributed by atoms with E-state index in [4.69, 9.17) is 0 Å². The second-order valence-corrected chi connectivity index (χ2v) is 11.7. The number of amides is 2. The molecule has 0 radical (unpaired) electrons. The Morgan fingerprint density at radius 3 is 2.19 bits per heavy atom. The summed E-state index contributed by atoms with van der Waals surface area (Å²) in [6.45, 7) is 4.03. The number of nitrogens with one attached hydrogen (secondary N) is 1. The first-order valence-corrected chi connectivity index (χ1v) is 14.8. The zero-order valence-electron chi connectivity index (χ0n) is 22.0. The predicted molar refractivity (Wildman–Crippen MR) is 144 cm³/mol. The molecular weight excluding hydrogens is 493 g/mol. The largest absolute Gasteiger partial charge is 0.352 e. The molecule has 1 unspecified atom stereocenters. The normalized spacial score (nSPS) is 14.8. The lowest BCUT2D eigenvalue weighted by atomic mass is 10.1. The number of hydrogen-bond donors (Lipinski definition) is 1. The third-order valence-electron chi connectivity index (χ3n) is 6.92. The van der Waals surface area contributed by atoms with Crippen LogP contribution >= 0.6 is 0 Å². The van der Waals surface area contributed by atoms with Crippen LogP contribution in [0.15, 0.2) is 48.5 Å². The quantitative estimate of drug-likeness (QED) is 0.440. The van der Waals surface area contributed by atoms with E-state index in [0.29, 0.717) is 11.3 Å². The van der Waals surface area contributed by atoms with E-state index in [1.54, 1.807) is 31.2 Å². The second-order valence-electron chi connectivity index (χ2n) is 9.77. The predicted octanol–water partition coefficient (Wildman–Crippen LogP) is 4.41. The number of rotatable bonds is 12.